The number of nitrogen functional groups attached to an aromatic ring is 1. The van der Waals surface area contributed by atoms with Crippen LogP contribution in [-0.2, 0) is 10.2 Å². The number of rotatable bonds is 8. The Morgan fingerprint density at radius 2 is 1.79 bits per heavy atom. The van der Waals surface area contributed by atoms with Gasteiger partial charge in [0, 0.05) is 25.3 Å². The molecule has 1 fully saturated rings. The van der Waals surface area contributed by atoms with Gasteiger partial charge in [0.1, 0.15) is 30.2 Å². The Morgan fingerprint density at radius 3 is 2.46 bits per heavy atom. The van der Waals surface area contributed by atoms with Gasteiger partial charge < -0.3 is 36.2 Å². The van der Waals surface area contributed by atoms with Crippen LogP contribution in [0.15, 0.2) is 36.9 Å². The molecule has 39 heavy (non-hydrogen) atoms. The lowest BCUT2D eigenvalue weighted by Gasteiger charge is -2.32. The normalized spacial score (nSPS) is 22.0. The van der Waals surface area contributed by atoms with Crippen LogP contribution < -0.4 is 16.4 Å². The molecule has 1 aliphatic rings. The molecule has 212 valence electrons. The second-order valence-corrected chi connectivity index (χ2v) is 12.1. The van der Waals surface area contributed by atoms with Crippen LogP contribution in [0, 0.1) is 5.41 Å². The van der Waals surface area contributed by atoms with Crippen molar-refractivity contribution in [2.45, 2.75) is 64.6 Å². The van der Waals surface area contributed by atoms with Crippen LogP contribution in [0.3, 0.4) is 0 Å². The van der Waals surface area contributed by atoms with E-state index in [4.69, 9.17) is 10.5 Å². The Hall–Kier alpha value is -3.32. The number of aliphatic hydroxyl groups excluding tert-OH is 2. The number of nitrogens with zero attached hydrogens (tertiary/aromatic N) is 5. The molecule has 2 aromatic heterocycles. The molecular weight excluding hydrogens is 500 g/mol. The van der Waals surface area contributed by atoms with Crippen molar-refractivity contribution in [3.05, 3.63) is 42.5 Å². The Labute approximate surface area is 228 Å². The van der Waals surface area contributed by atoms with E-state index < -0.39 is 24.5 Å². The fourth-order valence-electron chi connectivity index (χ4n) is 4.87. The molecule has 2 amide bonds. The third-order valence-electron chi connectivity index (χ3n) is 6.92. The Kier molecular flexibility index (Phi) is 8.12. The fourth-order valence-corrected chi connectivity index (χ4v) is 4.87. The average molecular weight is 541 g/mol. The number of ether oxygens (including phenoxy) is 1. The third-order valence-corrected chi connectivity index (χ3v) is 6.92. The zero-order valence-corrected chi connectivity index (χ0v) is 23.4. The van der Waals surface area contributed by atoms with Crippen molar-refractivity contribution in [2.24, 2.45) is 5.41 Å². The molecule has 0 spiro atoms. The minimum Gasteiger partial charge on any atom is -0.387 e. The SMILES string of the molecule is CN(C[C@H]1O[C@@H](n2cnc3c(N)ncnc32)[C@H](O)[C@@H]1O)CC(C)(C)CNC(=O)Nc1ccc(C(C)(C)C)cc1. The number of nitrogens with two attached hydrogens (primary N) is 1. The highest BCUT2D eigenvalue weighted by Gasteiger charge is 2.44. The molecule has 4 rings (SSSR count). The molecule has 4 atom stereocenters. The molecule has 0 radical (unpaired) electrons. The number of carbonyl (C=O) groups excluding carboxylic acids is 1. The number of benzene rings is 1. The van der Waals surface area contributed by atoms with Gasteiger partial charge in [-0.2, -0.15) is 0 Å². The molecule has 1 saturated heterocycles. The van der Waals surface area contributed by atoms with Gasteiger partial charge in [0.25, 0.3) is 0 Å². The molecule has 3 aromatic rings. The van der Waals surface area contributed by atoms with Crippen molar-refractivity contribution >= 4 is 28.7 Å². The van der Waals surface area contributed by atoms with Gasteiger partial charge in [-0.15, -0.1) is 0 Å². The average Bonchev–Trinajstić information content (AvgIpc) is 3.40. The standard InChI is InChI=1S/C27H40N8O4/c1-26(2,3)16-7-9-17(10-8-16)33-25(38)29-12-27(4,5)13-34(6)11-18-20(36)21(37)24(39-18)35-15-32-19-22(28)30-14-31-23(19)35/h7-10,14-15,18,20-21,24,36-37H,11-13H2,1-6H3,(H2,28,30,31)(H2,29,33,38)/t18-,20-,21-,24-/m1/s1. The first-order valence-corrected chi connectivity index (χ1v) is 13.0. The van der Waals surface area contributed by atoms with E-state index >= 15 is 0 Å². The molecule has 1 aliphatic heterocycles. The van der Waals surface area contributed by atoms with Crippen molar-refractivity contribution < 1.29 is 19.7 Å². The summed E-state index contributed by atoms with van der Waals surface area (Å²) in [6.45, 7) is 12.0. The van der Waals surface area contributed by atoms with Crippen molar-refractivity contribution in [3.8, 4) is 0 Å². The molecule has 6 N–H and O–H groups in total. The van der Waals surface area contributed by atoms with Crippen LogP contribution in [0.25, 0.3) is 11.2 Å². The van der Waals surface area contributed by atoms with E-state index in [0.29, 0.717) is 30.8 Å². The minimum atomic E-state index is -1.17. The summed E-state index contributed by atoms with van der Waals surface area (Å²) >= 11 is 0. The molecule has 3 heterocycles. The molecule has 12 heteroatoms. The number of fused-ring (bicyclic) bond motifs is 1. The summed E-state index contributed by atoms with van der Waals surface area (Å²) in [5.41, 5.74) is 8.39. The van der Waals surface area contributed by atoms with E-state index in [1.54, 1.807) is 4.57 Å². The number of anilines is 2. The zero-order chi connectivity index (χ0) is 28.5. The summed E-state index contributed by atoms with van der Waals surface area (Å²) in [4.78, 5) is 26.9. The zero-order valence-electron chi connectivity index (χ0n) is 23.4. The van der Waals surface area contributed by atoms with Crippen LogP contribution in [0.2, 0.25) is 0 Å². The van der Waals surface area contributed by atoms with Gasteiger partial charge in [-0.25, -0.2) is 19.7 Å². The molecule has 0 unspecified atom stereocenters. The topological polar surface area (TPSA) is 164 Å². The maximum absolute atomic E-state index is 12.5. The number of carbonyl (C=O) groups is 1. The lowest BCUT2D eigenvalue weighted by atomic mass is 9.87. The maximum Gasteiger partial charge on any atom is 0.319 e. The third kappa shape index (κ3) is 6.64. The first kappa shape index (κ1) is 28.7. The van der Waals surface area contributed by atoms with E-state index in [9.17, 15) is 15.0 Å². The summed E-state index contributed by atoms with van der Waals surface area (Å²) in [5, 5.41) is 27.3. The second-order valence-electron chi connectivity index (χ2n) is 12.1. The largest absolute Gasteiger partial charge is 0.387 e. The molecule has 0 saturated carbocycles. The lowest BCUT2D eigenvalue weighted by Crippen LogP contribution is -2.45. The van der Waals surface area contributed by atoms with Crippen molar-refractivity contribution in [2.75, 3.05) is 37.7 Å². The van der Waals surface area contributed by atoms with Crippen LogP contribution in [-0.4, -0.2) is 85.7 Å². The van der Waals surface area contributed by atoms with Gasteiger partial charge in [-0.3, -0.25) is 4.57 Å². The van der Waals surface area contributed by atoms with Crippen LogP contribution in [0.1, 0.15) is 46.4 Å². The number of urea groups is 1. The molecular formula is C27H40N8O4. The van der Waals surface area contributed by atoms with E-state index in [1.807, 2.05) is 50.1 Å². The Bertz CT molecular complexity index is 1290. The highest BCUT2D eigenvalue weighted by atomic mass is 16.6. The number of nitrogens with one attached hydrogen (secondary N) is 2. The van der Waals surface area contributed by atoms with Gasteiger partial charge in [0.05, 0.1) is 6.33 Å². The summed E-state index contributed by atoms with van der Waals surface area (Å²) < 4.78 is 7.62. The number of hydrogen-bond acceptors (Lipinski definition) is 9. The number of likely N-dealkylation sites (N-methyl/N-ethyl adjacent to an activating group) is 1. The molecule has 12 nitrogen and oxygen atoms in total. The van der Waals surface area contributed by atoms with E-state index in [1.165, 1.54) is 18.2 Å². The summed E-state index contributed by atoms with van der Waals surface area (Å²) in [6, 6.07) is 7.58. The predicted molar refractivity (Wildman–Crippen MR) is 149 cm³/mol. The lowest BCUT2D eigenvalue weighted by molar-refractivity contribution is -0.0441. The first-order valence-electron chi connectivity index (χ1n) is 13.0. The van der Waals surface area contributed by atoms with Crippen LogP contribution in [0.4, 0.5) is 16.3 Å². The van der Waals surface area contributed by atoms with Gasteiger partial charge in [-0.05, 0) is 35.6 Å². The van der Waals surface area contributed by atoms with Gasteiger partial charge in [0.2, 0.25) is 0 Å². The summed E-state index contributed by atoms with van der Waals surface area (Å²) in [7, 11) is 1.91. The van der Waals surface area contributed by atoms with E-state index in [2.05, 4.69) is 46.4 Å². The van der Waals surface area contributed by atoms with Crippen molar-refractivity contribution in [1.29, 1.82) is 0 Å². The second kappa shape index (κ2) is 11.0. The fraction of sp³-hybridized carbons (Fsp3) is 0.556. The number of imidazole rings is 1. The highest BCUT2D eigenvalue weighted by molar-refractivity contribution is 5.89. The molecule has 1 aromatic carbocycles. The van der Waals surface area contributed by atoms with Crippen molar-refractivity contribution in [1.82, 2.24) is 29.7 Å². The molecule has 0 aliphatic carbocycles. The van der Waals surface area contributed by atoms with Gasteiger partial charge in [-0.1, -0.05) is 46.8 Å². The quantitative estimate of drug-likeness (QED) is 0.288. The Balaban J connectivity index is 1.29. The Morgan fingerprint density at radius 1 is 1.10 bits per heavy atom. The number of amides is 2. The summed E-state index contributed by atoms with van der Waals surface area (Å²) in [6.07, 6.45) is -0.999. The van der Waals surface area contributed by atoms with Crippen LogP contribution in [0.5, 0.6) is 0 Å². The first-order chi connectivity index (χ1) is 18.2. The predicted octanol–water partition coefficient (Wildman–Crippen LogP) is 2.10. The van der Waals surface area contributed by atoms with Crippen molar-refractivity contribution in [3.63, 3.8) is 0 Å². The smallest absolute Gasteiger partial charge is 0.319 e. The summed E-state index contributed by atoms with van der Waals surface area (Å²) in [5.74, 6) is 0.228. The highest BCUT2D eigenvalue weighted by Crippen LogP contribution is 2.32. The van der Waals surface area contributed by atoms with Gasteiger partial charge >= 0.3 is 6.03 Å². The molecule has 0 bridgehead atoms. The number of hydrogen-bond donors (Lipinski definition) is 5. The number of aromatic nitrogens is 4. The minimum absolute atomic E-state index is 0.0484. The monoisotopic (exact) mass is 540 g/mol. The van der Waals surface area contributed by atoms with Crippen LogP contribution >= 0.6 is 0 Å². The van der Waals surface area contributed by atoms with Gasteiger partial charge in [0.15, 0.2) is 17.7 Å². The number of aliphatic hydroxyl groups is 2. The maximum atomic E-state index is 12.5. The van der Waals surface area contributed by atoms with E-state index in [-0.39, 0.29) is 22.7 Å². The van der Waals surface area contributed by atoms with E-state index in [0.717, 1.165) is 5.69 Å².